The van der Waals surface area contributed by atoms with Gasteiger partial charge in [0.1, 0.15) is 0 Å². The van der Waals surface area contributed by atoms with Gasteiger partial charge in [0.2, 0.25) is 0 Å². The van der Waals surface area contributed by atoms with Crippen LogP contribution in [0.15, 0.2) is 109 Å². The number of aromatic nitrogens is 3. The summed E-state index contributed by atoms with van der Waals surface area (Å²) >= 11 is 0. The highest BCUT2D eigenvalue weighted by molar-refractivity contribution is 5.88. The molecule has 5 heteroatoms. The van der Waals surface area contributed by atoms with Gasteiger partial charge in [0.15, 0.2) is 0 Å². The van der Waals surface area contributed by atoms with Gasteiger partial charge in [0.25, 0.3) is 0 Å². The molecule has 0 aliphatic heterocycles. The summed E-state index contributed by atoms with van der Waals surface area (Å²) in [5.41, 5.74) is 7.46. The van der Waals surface area contributed by atoms with Gasteiger partial charge in [-0.25, -0.2) is 9.78 Å². The van der Waals surface area contributed by atoms with Crippen molar-refractivity contribution in [3.8, 4) is 45.0 Å². The molecular formula is C28H19N3O2. The standard InChI is InChI=1S/C28H19N3O2/c32-28(33)22-13-11-20(12-14-22)19-7-9-21(10-8-19)23-17-26(24-5-1-3-15-29-24)31-27(18-23)25-6-2-4-16-30-25/h1-18H,(H,32,33). The molecule has 5 rings (SSSR count). The van der Waals surface area contributed by atoms with Gasteiger partial charge < -0.3 is 5.11 Å². The Morgan fingerprint density at radius 2 is 1.00 bits per heavy atom. The van der Waals surface area contributed by atoms with Crippen LogP contribution in [0.2, 0.25) is 0 Å². The molecule has 0 bridgehead atoms. The molecule has 158 valence electrons. The fourth-order valence-electron chi connectivity index (χ4n) is 3.65. The van der Waals surface area contributed by atoms with Gasteiger partial charge in [0.05, 0.1) is 28.3 Å². The van der Waals surface area contributed by atoms with Crippen molar-refractivity contribution in [3.63, 3.8) is 0 Å². The van der Waals surface area contributed by atoms with Crippen LogP contribution in [0.25, 0.3) is 45.0 Å². The monoisotopic (exact) mass is 429 g/mol. The molecule has 0 saturated carbocycles. The molecule has 3 heterocycles. The van der Waals surface area contributed by atoms with E-state index in [4.69, 9.17) is 10.1 Å². The van der Waals surface area contributed by atoms with Crippen LogP contribution >= 0.6 is 0 Å². The summed E-state index contributed by atoms with van der Waals surface area (Å²) in [5.74, 6) is -0.929. The van der Waals surface area contributed by atoms with Gasteiger partial charge in [0, 0.05) is 12.4 Å². The van der Waals surface area contributed by atoms with Crippen molar-refractivity contribution in [2.75, 3.05) is 0 Å². The molecule has 5 nitrogen and oxygen atoms in total. The number of carbonyl (C=O) groups is 1. The predicted molar refractivity (Wildman–Crippen MR) is 129 cm³/mol. The fourth-order valence-corrected chi connectivity index (χ4v) is 3.65. The highest BCUT2D eigenvalue weighted by Gasteiger charge is 2.11. The molecule has 0 aliphatic rings. The van der Waals surface area contributed by atoms with Crippen LogP contribution in [0.4, 0.5) is 0 Å². The normalized spacial score (nSPS) is 10.7. The Bertz CT molecular complexity index is 1340. The number of rotatable bonds is 5. The lowest BCUT2D eigenvalue weighted by Crippen LogP contribution is -1.95. The number of benzene rings is 2. The van der Waals surface area contributed by atoms with Gasteiger partial charge in [-0.1, -0.05) is 48.5 Å². The molecule has 3 aromatic heterocycles. The smallest absolute Gasteiger partial charge is 0.335 e. The first-order chi connectivity index (χ1) is 16.2. The molecular weight excluding hydrogens is 410 g/mol. The van der Waals surface area contributed by atoms with Crippen molar-refractivity contribution in [1.82, 2.24) is 15.0 Å². The van der Waals surface area contributed by atoms with Crippen molar-refractivity contribution >= 4 is 5.97 Å². The summed E-state index contributed by atoms with van der Waals surface area (Å²) in [6, 6.07) is 30.7. The number of pyridine rings is 3. The Balaban J connectivity index is 1.55. The van der Waals surface area contributed by atoms with Crippen LogP contribution in [0.1, 0.15) is 10.4 Å². The summed E-state index contributed by atoms with van der Waals surface area (Å²) in [5, 5.41) is 9.10. The first kappa shape index (κ1) is 20.3. The molecule has 2 aromatic carbocycles. The van der Waals surface area contributed by atoms with E-state index in [2.05, 4.69) is 22.1 Å². The second-order valence-electron chi connectivity index (χ2n) is 7.52. The molecule has 1 N–H and O–H groups in total. The van der Waals surface area contributed by atoms with Crippen molar-refractivity contribution in [3.05, 3.63) is 115 Å². The maximum absolute atomic E-state index is 11.1. The highest BCUT2D eigenvalue weighted by Crippen LogP contribution is 2.30. The van der Waals surface area contributed by atoms with Crippen LogP contribution in [-0.4, -0.2) is 26.0 Å². The number of carboxylic acids is 1. The molecule has 0 fully saturated rings. The largest absolute Gasteiger partial charge is 0.478 e. The van der Waals surface area contributed by atoms with Gasteiger partial charge in [-0.2, -0.15) is 0 Å². The minimum atomic E-state index is -0.929. The molecule has 0 amide bonds. The molecule has 5 aromatic rings. The van der Waals surface area contributed by atoms with E-state index in [1.165, 1.54) is 0 Å². The second kappa shape index (κ2) is 8.85. The molecule has 0 spiro atoms. The summed E-state index contributed by atoms with van der Waals surface area (Å²) in [7, 11) is 0. The van der Waals surface area contributed by atoms with E-state index >= 15 is 0 Å². The van der Waals surface area contributed by atoms with Crippen LogP contribution in [-0.2, 0) is 0 Å². The molecule has 0 saturated heterocycles. The van der Waals surface area contributed by atoms with E-state index in [0.29, 0.717) is 0 Å². The third-order valence-electron chi connectivity index (χ3n) is 5.36. The number of nitrogens with zero attached hydrogens (tertiary/aromatic N) is 3. The lowest BCUT2D eigenvalue weighted by molar-refractivity contribution is 0.0697. The zero-order valence-corrected chi connectivity index (χ0v) is 17.6. The summed E-state index contributed by atoms with van der Waals surface area (Å²) in [6.45, 7) is 0. The van der Waals surface area contributed by atoms with Gasteiger partial charge >= 0.3 is 5.97 Å². The number of carboxylic acid groups (broad SMARTS) is 1. The van der Waals surface area contributed by atoms with E-state index in [0.717, 1.165) is 45.0 Å². The number of hydrogen-bond acceptors (Lipinski definition) is 4. The molecule has 0 aliphatic carbocycles. The lowest BCUT2D eigenvalue weighted by atomic mass is 9.98. The predicted octanol–water partition coefficient (Wildman–Crippen LogP) is 6.24. The lowest BCUT2D eigenvalue weighted by Gasteiger charge is -2.10. The molecule has 0 atom stereocenters. The average Bonchev–Trinajstić information content (AvgIpc) is 2.89. The molecule has 33 heavy (non-hydrogen) atoms. The van der Waals surface area contributed by atoms with Crippen molar-refractivity contribution in [2.45, 2.75) is 0 Å². The summed E-state index contributed by atoms with van der Waals surface area (Å²) in [6.07, 6.45) is 3.52. The first-order valence-electron chi connectivity index (χ1n) is 10.5. The van der Waals surface area contributed by atoms with E-state index in [-0.39, 0.29) is 5.56 Å². The number of aromatic carboxylic acids is 1. The Hall–Kier alpha value is -4.64. The molecule has 0 unspecified atom stereocenters. The topological polar surface area (TPSA) is 76.0 Å². The van der Waals surface area contributed by atoms with Crippen molar-refractivity contribution in [1.29, 1.82) is 0 Å². The molecule has 0 radical (unpaired) electrons. The van der Waals surface area contributed by atoms with E-state index in [1.54, 1.807) is 24.5 Å². The van der Waals surface area contributed by atoms with E-state index in [1.807, 2.05) is 72.8 Å². The van der Waals surface area contributed by atoms with E-state index < -0.39 is 5.97 Å². The third kappa shape index (κ3) is 4.38. The Kier molecular flexibility index (Phi) is 5.43. The van der Waals surface area contributed by atoms with Crippen LogP contribution < -0.4 is 0 Å². The quantitative estimate of drug-likeness (QED) is 0.358. The zero-order chi connectivity index (χ0) is 22.6. The van der Waals surface area contributed by atoms with Crippen LogP contribution in [0, 0.1) is 0 Å². The van der Waals surface area contributed by atoms with E-state index in [9.17, 15) is 4.79 Å². The van der Waals surface area contributed by atoms with Gasteiger partial charge in [-0.15, -0.1) is 0 Å². The Morgan fingerprint density at radius 1 is 0.545 bits per heavy atom. The maximum Gasteiger partial charge on any atom is 0.335 e. The van der Waals surface area contributed by atoms with Gasteiger partial charge in [-0.05, 0) is 70.8 Å². The fraction of sp³-hybridized carbons (Fsp3) is 0. The second-order valence-corrected chi connectivity index (χ2v) is 7.52. The summed E-state index contributed by atoms with van der Waals surface area (Å²) < 4.78 is 0. The van der Waals surface area contributed by atoms with Crippen LogP contribution in [0.5, 0.6) is 0 Å². The minimum Gasteiger partial charge on any atom is -0.478 e. The number of hydrogen-bond donors (Lipinski definition) is 1. The minimum absolute atomic E-state index is 0.274. The Labute approximate surface area is 191 Å². The zero-order valence-electron chi connectivity index (χ0n) is 17.6. The third-order valence-corrected chi connectivity index (χ3v) is 5.36. The Morgan fingerprint density at radius 3 is 1.42 bits per heavy atom. The maximum atomic E-state index is 11.1. The first-order valence-corrected chi connectivity index (χ1v) is 10.5. The SMILES string of the molecule is O=C(O)c1ccc(-c2ccc(-c3cc(-c4ccccn4)nc(-c4ccccn4)c3)cc2)cc1. The van der Waals surface area contributed by atoms with Crippen LogP contribution in [0.3, 0.4) is 0 Å². The van der Waals surface area contributed by atoms with Crippen molar-refractivity contribution in [2.24, 2.45) is 0 Å². The van der Waals surface area contributed by atoms with Gasteiger partial charge in [-0.3, -0.25) is 9.97 Å². The summed E-state index contributed by atoms with van der Waals surface area (Å²) in [4.78, 5) is 24.8. The highest BCUT2D eigenvalue weighted by atomic mass is 16.4. The average molecular weight is 429 g/mol. The van der Waals surface area contributed by atoms with Crippen molar-refractivity contribution < 1.29 is 9.90 Å².